The standard InChI is InChI=1S/C16H14ClN3O/c17-13-1-2-14-12(10-19-15(14)8-13)7-16(21)20-9-11-3-5-18-6-4-11/h1-6,8,10,19H,7,9H2,(H,20,21). The summed E-state index contributed by atoms with van der Waals surface area (Å²) in [4.78, 5) is 19.1. The number of nitrogens with zero attached hydrogens (tertiary/aromatic N) is 1. The van der Waals surface area contributed by atoms with Crippen LogP contribution in [0.2, 0.25) is 5.02 Å². The Morgan fingerprint density at radius 3 is 2.86 bits per heavy atom. The molecule has 0 saturated carbocycles. The fourth-order valence-corrected chi connectivity index (χ4v) is 2.41. The first kappa shape index (κ1) is 13.6. The molecule has 2 aromatic heterocycles. The summed E-state index contributed by atoms with van der Waals surface area (Å²) in [6.45, 7) is 0.509. The van der Waals surface area contributed by atoms with E-state index in [1.165, 1.54) is 0 Å². The lowest BCUT2D eigenvalue weighted by molar-refractivity contribution is -0.120. The van der Waals surface area contributed by atoms with Crippen LogP contribution in [0.5, 0.6) is 0 Å². The molecule has 3 aromatic rings. The Kier molecular flexibility index (Phi) is 3.88. The molecule has 0 saturated heterocycles. The van der Waals surface area contributed by atoms with Crippen molar-refractivity contribution in [2.75, 3.05) is 0 Å². The third-order valence-corrected chi connectivity index (χ3v) is 3.55. The molecule has 0 fully saturated rings. The number of rotatable bonds is 4. The second-order valence-electron chi connectivity index (χ2n) is 4.81. The zero-order chi connectivity index (χ0) is 14.7. The number of aromatic amines is 1. The number of hydrogen-bond donors (Lipinski definition) is 2. The van der Waals surface area contributed by atoms with Gasteiger partial charge >= 0.3 is 0 Å². The van der Waals surface area contributed by atoms with Crippen LogP contribution in [0.15, 0.2) is 48.9 Å². The molecule has 5 heteroatoms. The monoisotopic (exact) mass is 299 g/mol. The van der Waals surface area contributed by atoms with Crippen LogP contribution in [0.4, 0.5) is 0 Å². The summed E-state index contributed by atoms with van der Waals surface area (Å²) in [7, 11) is 0. The van der Waals surface area contributed by atoms with Gasteiger partial charge in [-0.3, -0.25) is 9.78 Å². The number of carbonyl (C=O) groups excluding carboxylic acids is 1. The number of benzene rings is 1. The molecule has 3 rings (SSSR count). The lowest BCUT2D eigenvalue weighted by Gasteiger charge is -2.04. The summed E-state index contributed by atoms with van der Waals surface area (Å²) in [5.41, 5.74) is 2.94. The number of H-pyrrole nitrogens is 1. The van der Waals surface area contributed by atoms with E-state index in [1.54, 1.807) is 12.4 Å². The summed E-state index contributed by atoms with van der Waals surface area (Å²) in [5.74, 6) is -0.0114. The minimum Gasteiger partial charge on any atom is -0.361 e. The number of aromatic nitrogens is 2. The van der Waals surface area contributed by atoms with Gasteiger partial charge in [-0.05, 0) is 35.4 Å². The highest BCUT2D eigenvalue weighted by Crippen LogP contribution is 2.22. The second kappa shape index (κ2) is 5.97. The molecule has 0 radical (unpaired) electrons. The Balaban J connectivity index is 1.66. The maximum atomic E-state index is 12.0. The van der Waals surface area contributed by atoms with Gasteiger partial charge in [0.25, 0.3) is 0 Å². The number of halogens is 1. The van der Waals surface area contributed by atoms with Crippen molar-refractivity contribution >= 4 is 28.4 Å². The predicted molar refractivity (Wildman–Crippen MR) is 83.1 cm³/mol. The summed E-state index contributed by atoms with van der Waals surface area (Å²) in [6, 6.07) is 9.38. The molecule has 0 aliphatic carbocycles. The minimum atomic E-state index is -0.0114. The normalized spacial score (nSPS) is 10.7. The quantitative estimate of drug-likeness (QED) is 0.778. The average molecular weight is 300 g/mol. The van der Waals surface area contributed by atoms with E-state index in [4.69, 9.17) is 11.6 Å². The Morgan fingerprint density at radius 2 is 2.05 bits per heavy atom. The van der Waals surface area contributed by atoms with Crippen molar-refractivity contribution in [2.24, 2.45) is 0 Å². The van der Waals surface area contributed by atoms with Crippen LogP contribution >= 0.6 is 11.6 Å². The van der Waals surface area contributed by atoms with Gasteiger partial charge in [-0.2, -0.15) is 0 Å². The minimum absolute atomic E-state index is 0.0114. The topological polar surface area (TPSA) is 57.8 Å². The highest BCUT2D eigenvalue weighted by atomic mass is 35.5. The van der Waals surface area contributed by atoms with Crippen LogP contribution in [0.25, 0.3) is 10.9 Å². The summed E-state index contributed by atoms with van der Waals surface area (Å²) >= 11 is 5.95. The number of carbonyl (C=O) groups is 1. The van der Waals surface area contributed by atoms with Gasteiger partial charge in [-0.15, -0.1) is 0 Å². The Hall–Kier alpha value is -2.33. The third-order valence-electron chi connectivity index (χ3n) is 3.32. The first-order chi connectivity index (χ1) is 10.2. The van der Waals surface area contributed by atoms with E-state index < -0.39 is 0 Å². The molecule has 0 aliphatic heterocycles. The van der Waals surface area contributed by atoms with Crippen molar-refractivity contribution in [2.45, 2.75) is 13.0 Å². The van der Waals surface area contributed by atoms with Crippen LogP contribution in [-0.2, 0) is 17.8 Å². The van der Waals surface area contributed by atoms with Crippen LogP contribution in [-0.4, -0.2) is 15.9 Å². The van der Waals surface area contributed by atoms with Gasteiger partial charge in [0.2, 0.25) is 5.91 Å². The molecule has 106 valence electrons. The van der Waals surface area contributed by atoms with Gasteiger partial charge in [0, 0.05) is 41.1 Å². The largest absolute Gasteiger partial charge is 0.361 e. The molecule has 0 unspecified atom stereocenters. The Morgan fingerprint density at radius 1 is 1.24 bits per heavy atom. The van der Waals surface area contributed by atoms with Crippen molar-refractivity contribution in [3.8, 4) is 0 Å². The van der Waals surface area contributed by atoms with E-state index >= 15 is 0 Å². The van der Waals surface area contributed by atoms with Crippen LogP contribution in [0.3, 0.4) is 0 Å². The molecule has 0 aliphatic rings. The molecule has 21 heavy (non-hydrogen) atoms. The number of amides is 1. The zero-order valence-corrected chi connectivity index (χ0v) is 12.0. The lowest BCUT2D eigenvalue weighted by atomic mass is 10.1. The van der Waals surface area contributed by atoms with Gasteiger partial charge in [0.15, 0.2) is 0 Å². The Bertz CT molecular complexity index is 768. The number of nitrogens with one attached hydrogen (secondary N) is 2. The van der Waals surface area contributed by atoms with Gasteiger partial charge in [-0.25, -0.2) is 0 Å². The molecule has 0 bridgehead atoms. The number of hydrogen-bond acceptors (Lipinski definition) is 2. The van der Waals surface area contributed by atoms with Gasteiger partial charge in [0.1, 0.15) is 0 Å². The third kappa shape index (κ3) is 3.23. The molecule has 1 amide bonds. The van der Waals surface area contributed by atoms with Gasteiger partial charge in [0.05, 0.1) is 6.42 Å². The average Bonchev–Trinajstić information content (AvgIpc) is 2.88. The number of pyridine rings is 1. The van der Waals surface area contributed by atoms with Crippen molar-refractivity contribution in [3.05, 3.63) is 65.1 Å². The van der Waals surface area contributed by atoms with Crippen LogP contribution in [0, 0.1) is 0 Å². The SMILES string of the molecule is O=C(Cc1c[nH]c2cc(Cl)ccc12)NCc1ccncc1. The molecule has 4 nitrogen and oxygen atoms in total. The lowest BCUT2D eigenvalue weighted by Crippen LogP contribution is -2.24. The highest BCUT2D eigenvalue weighted by Gasteiger charge is 2.09. The van der Waals surface area contributed by atoms with E-state index in [0.717, 1.165) is 22.0 Å². The maximum Gasteiger partial charge on any atom is 0.224 e. The summed E-state index contributed by atoms with van der Waals surface area (Å²) in [6.07, 6.45) is 5.62. The van der Waals surface area contributed by atoms with E-state index in [0.29, 0.717) is 18.0 Å². The first-order valence-electron chi connectivity index (χ1n) is 6.63. The molecule has 2 N–H and O–H groups in total. The van der Waals surface area contributed by atoms with Crippen molar-refractivity contribution < 1.29 is 4.79 Å². The number of fused-ring (bicyclic) bond motifs is 1. The fourth-order valence-electron chi connectivity index (χ4n) is 2.24. The van der Waals surface area contributed by atoms with E-state index in [2.05, 4.69) is 15.3 Å². The molecule has 2 heterocycles. The fraction of sp³-hybridized carbons (Fsp3) is 0.125. The van der Waals surface area contributed by atoms with E-state index in [1.807, 2.05) is 36.5 Å². The second-order valence-corrected chi connectivity index (χ2v) is 5.25. The predicted octanol–water partition coefficient (Wildman–Crippen LogP) is 3.08. The Labute approximate surface area is 127 Å². The van der Waals surface area contributed by atoms with E-state index in [-0.39, 0.29) is 5.91 Å². The van der Waals surface area contributed by atoms with Crippen LogP contribution < -0.4 is 5.32 Å². The molecule has 1 aromatic carbocycles. The summed E-state index contributed by atoms with van der Waals surface area (Å²) < 4.78 is 0. The molecular formula is C16H14ClN3O. The van der Waals surface area contributed by atoms with Gasteiger partial charge in [-0.1, -0.05) is 17.7 Å². The maximum absolute atomic E-state index is 12.0. The molecular weight excluding hydrogens is 286 g/mol. The van der Waals surface area contributed by atoms with Crippen LogP contribution in [0.1, 0.15) is 11.1 Å². The first-order valence-corrected chi connectivity index (χ1v) is 7.01. The molecule has 0 spiro atoms. The smallest absolute Gasteiger partial charge is 0.224 e. The summed E-state index contributed by atoms with van der Waals surface area (Å²) in [5, 5.41) is 4.61. The van der Waals surface area contributed by atoms with Crippen molar-refractivity contribution in [1.82, 2.24) is 15.3 Å². The van der Waals surface area contributed by atoms with Crippen molar-refractivity contribution in [1.29, 1.82) is 0 Å². The van der Waals surface area contributed by atoms with Crippen molar-refractivity contribution in [3.63, 3.8) is 0 Å². The highest BCUT2D eigenvalue weighted by molar-refractivity contribution is 6.31. The van der Waals surface area contributed by atoms with Gasteiger partial charge < -0.3 is 10.3 Å². The van der Waals surface area contributed by atoms with E-state index in [9.17, 15) is 4.79 Å². The zero-order valence-electron chi connectivity index (χ0n) is 11.3. The molecule has 0 atom stereocenters.